The van der Waals surface area contributed by atoms with Gasteiger partial charge in [0.2, 0.25) is 5.91 Å². The van der Waals surface area contributed by atoms with E-state index in [1.807, 2.05) is 30.5 Å². The van der Waals surface area contributed by atoms with Crippen LogP contribution in [0.1, 0.15) is 10.4 Å². The second-order valence-electron chi connectivity index (χ2n) is 5.03. The monoisotopic (exact) mass is 426 g/mol. The standard InChI is InChI=1S/C17H16BrClN2O2S/c1-21(17(23)12-9-11(18)7-8-13(12)19)10-16(22)20-14-5-3-4-6-15(14)24-2/h3-9H,10H2,1-2H3,(H,20,22). The van der Waals surface area contributed by atoms with Crippen LogP contribution in [0.2, 0.25) is 5.02 Å². The molecule has 2 aromatic carbocycles. The molecule has 0 spiro atoms. The van der Waals surface area contributed by atoms with Gasteiger partial charge in [-0.25, -0.2) is 0 Å². The molecule has 0 aliphatic heterocycles. The number of anilines is 1. The van der Waals surface area contributed by atoms with Crippen LogP contribution < -0.4 is 5.32 Å². The van der Waals surface area contributed by atoms with Crippen LogP contribution in [0.4, 0.5) is 5.69 Å². The van der Waals surface area contributed by atoms with Gasteiger partial charge in [-0.1, -0.05) is 39.7 Å². The Kier molecular flexibility index (Phi) is 6.71. The number of nitrogens with zero attached hydrogens (tertiary/aromatic N) is 1. The van der Waals surface area contributed by atoms with Crippen molar-refractivity contribution in [3.63, 3.8) is 0 Å². The zero-order valence-electron chi connectivity index (χ0n) is 13.2. The fourth-order valence-electron chi connectivity index (χ4n) is 2.09. The van der Waals surface area contributed by atoms with Gasteiger partial charge in [0.25, 0.3) is 5.91 Å². The highest BCUT2D eigenvalue weighted by Gasteiger charge is 2.18. The van der Waals surface area contributed by atoms with Gasteiger partial charge in [0.15, 0.2) is 0 Å². The van der Waals surface area contributed by atoms with Gasteiger partial charge in [-0.15, -0.1) is 11.8 Å². The Balaban J connectivity index is 2.06. The summed E-state index contributed by atoms with van der Waals surface area (Å²) in [6, 6.07) is 12.6. The Labute approximate surface area is 158 Å². The number of likely N-dealkylation sites (N-methyl/N-ethyl adjacent to an activating group) is 1. The summed E-state index contributed by atoms with van der Waals surface area (Å²) in [4.78, 5) is 27.0. The molecule has 0 atom stereocenters. The van der Waals surface area contributed by atoms with Gasteiger partial charge in [-0.3, -0.25) is 9.59 Å². The lowest BCUT2D eigenvalue weighted by Crippen LogP contribution is -2.35. The van der Waals surface area contributed by atoms with Gasteiger partial charge in [0.1, 0.15) is 0 Å². The molecule has 0 fully saturated rings. The van der Waals surface area contributed by atoms with Crippen molar-refractivity contribution in [3.8, 4) is 0 Å². The highest BCUT2D eigenvalue weighted by molar-refractivity contribution is 9.10. The molecule has 126 valence electrons. The molecule has 0 saturated carbocycles. The summed E-state index contributed by atoms with van der Waals surface area (Å²) in [7, 11) is 1.57. The molecule has 4 nitrogen and oxygen atoms in total. The van der Waals surface area contributed by atoms with Gasteiger partial charge in [-0.2, -0.15) is 0 Å². The van der Waals surface area contributed by atoms with Crippen molar-refractivity contribution in [3.05, 3.63) is 57.5 Å². The topological polar surface area (TPSA) is 49.4 Å². The molecule has 2 aromatic rings. The predicted molar refractivity (Wildman–Crippen MR) is 103 cm³/mol. The van der Waals surface area contributed by atoms with E-state index in [1.54, 1.807) is 37.0 Å². The summed E-state index contributed by atoms with van der Waals surface area (Å²) in [5, 5.41) is 3.18. The second-order valence-corrected chi connectivity index (χ2v) is 7.20. The number of rotatable bonds is 5. The van der Waals surface area contributed by atoms with Gasteiger partial charge >= 0.3 is 0 Å². The molecule has 0 heterocycles. The lowest BCUT2D eigenvalue weighted by molar-refractivity contribution is -0.116. The first-order chi connectivity index (χ1) is 11.4. The predicted octanol–water partition coefficient (Wildman–Crippen LogP) is 4.54. The van der Waals surface area contributed by atoms with E-state index < -0.39 is 0 Å². The quantitative estimate of drug-likeness (QED) is 0.713. The Morgan fingerprint density at radius 1 is 1.25 bits per heavy atom. The fourth-order valence-corrected chi connectivity index (χ4v) is 3.20. The number of benzene rings is 2. The first kappa shape index (κ1) is 18.8. The van der Waals surface area contributed by atoms with E-state index in [9.17, 15) is 9.59 Å². The SMILES string of the molecule is CSc1ccccc1NC(=O)CN(C)C(=O)c1cc(Br)ccc1Cl. The maximum Gasteiger partial charge on any atom is 0.255 e. The summed E-state index contributed by atoms with van der Waals surface area (Å²) >= 11 is 10.9. The fraction of sp³-hybridized carbons (Fsp3) is 0.176. The molecular weight excluding hydrogens is 412 g/mol. The third-order valence-corrected chi connectivity index (χ3v) is 4.89. The maximum atomic E-state index is 12.5. The largest absolute Gasteiger partial charge is 0.332 e. The second kappa shape index (κ2) is 8.55. The molecular formula is C17H16BrClN2O2S. The molecule has 1 N–H and O–H groups in total. The first-order valence-corrected chi connectivity index (χ1v) is 9.45. The summed E-state index contributed by atoms with van der Waals surface area (Å²) in [5.41, 5.74) is 1.09. The highest BCUT2D eigenvalue weighted by atomic mass is 79.9. The zero-order chi connectivity index (χ0) is 17.7. The van der Waals surface area contributed by atoms with Gasteiger partial charge < -0.3 is 10.2 Å². The number of thioether (sulfide) groups is 1. The zero-order valence-corrected chi connectivity index (χ0v) is 16.3. The Bertz CT molecular complexity index is 770. The maximum absolute atomic E-state index is 12.5. The smallest absolute Gasteiger partial charge is 0.255 e. The van der Waals surface area contributed by atoms with E-state index in [4.69, 9.17) is 11.6 Å². The average Bonchev–Trinajstić information content (AvgIpc) is 2.56. The molecule has 0 saturated heterocycles. The molecule has 0 aliphatic carbocycles. The van der Waals surface area contributed by atoms with E-state index in [2.05, 4.69) is 21.2 Å². The van der Waals surface area contributed by atoms with E-state index in [0.717, 1.165) is 15.1 Å². The van der Waals surface area contributed by atoms with Crippen LogP contribution in [-0.2, 0) is 4.79 Å². The Morgan fingerprint density at radius 3 is 2.67 bits per heavy atom. The summed E-state index contributed by atoms with van der Waals surface area (Å²) < 4.78 is 0.752. The lowest BCUT2D eigenvalue weighted by atomic mass is 10.2. The number of amides is 2. The van der Waals surface area contributed by atoms with Crippen LogP contribution in [0.3, 0.4) is 0 Å². The minimum Gasteiger partial charge on any atom is -0.332 e. The molecule has 7 heteroatoms. The van der Waals surface area contributed by atoms with Crippen molar-refractivity contribution in [2.24, 2.45) is 0 Å². The third-order valence-electron chi connectivity index (χ3n) is 3.27. The summed E-state index contributed by atoms with van der Waals surface area (Å²) in [6.45, 7) is -0.0651. The minimum absolute atomic E-state index is 0.0651. The number of nitrogens with one attached hydrogen (secondary N) is 1. The van der Waals surface area contributed by atoms with Crippen LogP contribution in [0, 0.1) is 0 Å². The molecule has 0 radical (unpaired) electrons. The van der Waals surface area contributed by atoms with Crippen LogP contribution in [0.15, 0.2) is 51.8 Å². The third kappa shape index (κ3) is 4.75. The lowest BCUT2D eigenvalue weighted by Gasteiger charge is -2.18. The number of carbonyl (C=O) groups excluding carboxylic acids is 2. The van der Waals surface area contributed by atoms with Crippen molar-refractivity contribution in [2.75, 3.05) is 25.2 Å². The normalized spacial score (nSPS) is 10.3. The highest BCUT2D eigenvalue weighted by Crippen LogP contribution is 2.25. The van der Waals surface area contributed by atoms with Crippen LogP contribution in [0.5, 0.6) is 0 Å². The molecule has 0 unspecified atom stereocenters. The molecule has 0 aromatic heterocycles. The molecule has 2 amide bonds. The van der Waals surface area contributed by atoms with Crippen molar-refractivity contribution < 1.29 is 9.59 Å². The average molecular weight is 428 g/mol. The molecule has 0 aliphatic rings. The molecule has 0 bridgehead atoms. The van der Waals surface area contributed by atoms with E-state index in [0.29, 0.717) is 10.6 Å². The molecule has 2 rings (SSSR count). The van der Waals surface area contributed by atoms with Gasteiger partial charge in [-0.05, 0) is 36.6 Å². The number of hydrogen-bond donors (Lipinski definition) is 1. The summed E-state index contributed by atoms with van der Waals surface area (Å²) in [6.07, 6.45) is 1.94. The van der Waals surface area contributed by atoms with Crippen molar-refractivity contribution in [1.29, 1.82) is 0 Å². The minimum atomic E-state index is -0.311. The van der Waals surface area contributed by atoms with Crippen LogP contribution >= 0.6 is 39.3 Å². The van der Waals surface area contributed by atoms with E-state index >= 15 is 0 Å². The van der Waals surface area contributed by atoms with Crippen LogP contribution in [-0.4, -0.2) is 36.6 Å². The Hall–Kier alpha value is -1.50. The van der Waals surface area contributed by atoms with E-state index in [-0.39, 0.29) is 18.4 Å². The number of para-hydroxylation sites is 1. The van der Waals surface area contributed by atoms with Gasteiger partial charge in [0, 0.05) is 16.4 Å². The van der Waals surface area contributed by atoms with Crippen LogP contribution in [0.25, 0.3) is 0 Å². The first-order valence-electron chi connectivity index (χ1n) is 7.05. The molecule has 24 heavy (non-hydrogen) atoms. The van der Waals surface area contributed by atoms with Crippen molar-refractivity contribution >= 4 is 56.8 Å². The Morgan fingerprint density at radius 2 is 1.96 bits per heavy atom. The summed E-state index contributed by atoms with van der Waals surface area (Å²) in [5.74, 6) is -0.576. The van der Waals surface area contributed by atoms with E-state index in [1.165, 1.54) is 4.90 Å². The van der Waals surface area contributed by atoms with Crippen molar-refractivity contribution in [2.45, 2.75) is 4.90 Å². The number of halogens is 2. The van der Waals surface area contributed by atoms with Crippen molar-refractivity contribution in [1.82, 2.24) is 4.90 Å². The number of hydrogen-bond acceptors (Lipinski definition) is 3. The number of carbonyl (C=O) groups is 2. The van der Waals surface area contributed by atoms with Gasteiger partial charge in [0.05, 0.1) is 22.8 Å².